The summed E-state index contributed by atoms with van der Waals surface area (Å²) in [5, 5.41) is 4.03. The van der Waals surface area contributed by atoms with Gasteiger partial charge in [-0.3, -0.25) is 0 Å². The number of aromatic nitrogens is 2. The van der Waals surface area contributed by atoms with E-state index < -0.39 is 0 Å². The topological polar surface area (TPSA) is 74.2 Å². The molecule has 0 bridgehead atoms. The fourth-order valence-corrected chi connectivity index (χ4v) is 2.46. The van der Waals surface area contributed by atoms with Gasteiger partial charge in [-0.15, -0.1) is 0 Å². The molecule has 1 aliphatic rings. The summed E-state index contributed by atoms with van der Waals surface area (Å²) in [6, 6.07) is 10.3. The molecule has 1 aliphatic heterocycles. The highest BCUT2D eigenvalue weighted by molar-refractivity contribution is 5.15. The molecule has 5 nitrogen and oxygen atoms in total. The Morgan fingerprint density at radius 3 is 2.75 bits per heavy atom. The predicted molar refractivity (Wildman–Crippen MR) is 74.1 cm³/mol. The standard InChI is InChI=1S/C15H19N3O2/c16-10-12-7-8-13(19-12)15-17-14(18-20-15)9-6-11-4-2-1-3-5-11/h1-5,12-13H,6-10,16H2/t12-,13+/m0/s1. The molecule has 2 aromatic rings. The van der Waals surface area contributed by atoms with Crippen LogP contribution in [0.5, 0.6) is 0 Å². The third-order valence-corrected chi connectivity index (χ3v) is 3.61. The van der Waals surface area contributed by atoms with Gasteiger partial charge >= 0.3 is 0 Å². The first-order valence-electron chi connectivity index (χ1n) is 7.07. The summed E-state index contributed by atoms with van der Waals surface area (Å²) in [6.07, 6.45) is 3.60. The van der Waals surface area contributed by atoms with Gasteiger partial charge in [-0.2, -0.15) is 4.98 Å². The van der Waals surface area contributed by atoms with Crippen molar-refractivity contribution in [3.63, 3.8) is 0 Å². The Labute approximate surface area is 118 Å². The Hall–Kier alpha value is -1.72. The van der Waals surface area contributed by atoms with Gasteiger partial charge in [-0.1, -0.05) is 35.5 Å². The maximum atomic E-state index is 5.75. The first-order valence-corrected chi connectivity index (χ1v) is 7.07. The van der Waals surface area contributed by atoms with E-state index in [4.69, 9.17) is 15.0 Å². The number of hydrogen-bond acceptors (Lipinski definition) is 5. The van der Waals surface area contributed by atoms with Gasteiger partial charge in [0.15, 0.2) is 5.82 Å². The minimum absolute atomic E-state index is 0.0819. The third kappa shape index (κ3) is 3.05. The average Bonchev–Trinajstić information content (AvgIpc) is 3.15. The highest BCUT2D eigenvalue weighted by atomic mass is 16.5. The van der Waals surface area contributed by atoms with Gasteiger partial charge in [0.25, 0.3) is 5.89 Å². The van der Waals surface area contributed by atoms with Crippen LogP contribution in [-0.4, -0.2) is 22.8 Å². The number of nitrogens with two attached hydrogens (primary N) is 1. The average molecular weight is 273 g/mol. The van der Waals surface area contributed by atoms with Crippen LogP contribution in [0.4, 0.5) is 0 Å². The van der Waals surface area contributed by atoms with Crippen molar-refractivity contribution in [1.29, 1.82) is 0 Å². The highest BCUT2D eigenvalue weighted by Crippen LogP contribution is 2.31. The molecule has 106 valence electrons. The van der Waals surface area contributed by atoms with Crippen molar-refractivity contribution in [3.8, 4) is 0 Å². The zero-order chi connectivity index (χ0) is 13.8. The van der Waals surface area contributed by atoms with E-state index in [9.17, 15) is 0 Å². The Balaban J connectivity index is 1.57. The van der Waals surface area contributed by atoms with Crippen LogP contribution in [0.3, 0.4) is 0 Å². The van der Waals surface area contributed by atoms with Crippen LogP contribution in [0.15, 0.2) is 34.9 Å². The van der Waals surface area contributed by atoms with Gasteiger partial charge in [0.1, 0.15) is 6.10 Å². The zero-order valence-corrected chi connectivity index (χ0v) is 11.4. The van der Waals surface area contributed by atoms with E-state index in [0.29, 0.717) is 12.4 Å². The number of nitrogens with zero attached hydrogens (tertiary/aromatic N) is 2. The van der Waals surface area contributed by atoms with Crippen molar-refractivity contribution in [2.45, 2.75) is 37.9 Å². The molecule has 1 aromatic heterocycles. The lowest BCUT2D eigenvalue weighted by atomic mass is 10.1. The Morgan fingerprint density at radius 2 is 2.00 bits per heavy atom. The molecule has 0 saturated carbocycles. The van der Waals surface area contributed by atoms with Crippen LogP contribution >= 0.6 is 0 Å². The predicted octanol–water partition coefficient (Wildman–Crippen LogP) is 2.03. The summed E-state index contributed by atoms with van der Waals surface area (Å²) in [5.74, 6) is 1.33. The molecule has 0 unspecified atom stereocenters. The second kappa shape index (κ2) is 6.15. The summed E-state index contributed by atoms with van der Waals surface area (Å²) >= 11 is 0. The van der Waals surface area contributed by atoms with Crippen molar-refractivity contribution in [1.82, 2.24) is 10.1 Å². The summed E-state index contributed by atoms with van der Waals surface area (Å²) in [5.41, 5.74) is 6.88. The summed E-state index contributed by atoms with van der Waals surface area (Å²) in [7, 11) is 0. The van der Waals surface area contributed by atoms with Crippen LogP contribution in [-0.2, 0) is 17.6 Å². The second-order valence-corrected chi connectivity index (χ2v) is 5.09. The number of rotatable bonds is 5. The van der Waals surface area contributed by atoms with E-state index in [1.165, 1.54) is 5.56 Å². The molecule has 0 amide bonds. The van der Waals surface area contributed by atoms with Gasteiger partial charge in [0.2, 0.25) is 0 Å². The second-order valence-electron chi connectivity index (χ2n) is 5.09. The maximum Gasteiger partial charge on any atom is 0.255 e. The molecular weight excluding hydrogens is 254 g/mol. The normalized spacial score (nSPS) is 22.2. The van der Waals surface area contributed by atoms with Gasteiger partial charge in [0.05, 0.1) is 6.10 Å². The molecule has 2 atom stereocenters. The Morgan fingerprint density at radius 1 is 1.15 bits per heavy atom. The fourth-order valence-electron chi connectivity index (χ4n) is 2.46. The van der Waals surface area contributed by atoms with E-state index in [-0.39, 0.29) is 12.2 Å². The SMILES string of the molecule is NC[C@@H]1CC[C@H](c2nc(CCc3ccccc3)no2)O1. The molecule has 3 rings (SSSR count). The van der Waals surface area contributed by atoms with E-state index in [1.807, 2.05) is 18.2 Å². The van der Waals surface area contributed by atoms with Crippen LogP contribution in [0, 0.1) is 0 Å². The van der Waals surface area contributed by atoms with Gasteiger partial charge in [0, 0.05) is 13.0 Å². The molecule has 1 aromatic carbocycles. The van der Waals surface area contributed by atoms with Crippen molar-refractivity contribution in [2.75, 3.05) is 6.54 Å². The van der Waals surface area contributed by atoms with Crippen LogP contribution in [0.1, 0.15) is 36.2 Å². The first-order chi connectivity index (χ1) is 9.85. The summed E-state index contributed by atoms with van der Waals surface area (Å²) < 4.78 is 11.1. The van der Waals surface area contributed by atoms with E-state index in [1.54, 1.807) is 0 Å². The lowest BCUT2D eigenvalue weighted by molar-refractivity contribution is 0.0307. The molecule has 0 radical (unpaired) electrons. The first kappa shape index (κ1) is 13.3. The fraction of sp³-hybridized carbons (Fsp3) is 0.467. The zero-order valence-electron chi connectivity index (χ0n) is 11.4. The molecule has 0 aliphatic carbocycles. The van der Waals surface area contributed by atoms with Crippen molar-refractivity contribution in [3.05, 3.63) is 47.6 Å². The Bertz CT molecular complexity index is 541. The molecular formula is C15H19N3O2. The largest absolute Gasteiger partial charge is 0.364 e. The molecule has 20 heavy (non-hydrogen) atoms. The van der Waals surface area contributed by atoms with E-state index in [2.05, 4.69) is 22.3 Å². The molecule has 1 saturated heterocycles. The van der Waals surface area contributed by atoms with Gasteiger partial charge in [-0.25, -0.2) is 0 Å². The lowest BCUT2D eigenvalue weighted by Gasteiger charge is -2.07. The van der Waals surface area contributed by atoms with Crippen LogP contribution in [0.2, 0.25) is 0 Å². The lowest BCUT2D eigenvalue weighted by Crippen LogP contribution is -2.18. The molecule has 5 heteroatoms. The summed E-state index contributed by atoms with van der Waals surface area (Å²) in [4.78, 5) is 4.43. The van der Waals surface area contributed by atoms with Crippen molar-refractivity contribution >= 4 is 0 Å². The maximum absolute atomic E-state index is 5.75. The molecule has 2 N–H and O–H groups in total. The summed E-state index contributed by atoms with van der Waals surface area (Å²) in [6.45, 7) is 0.547. The molecule has 2 heterocycles. The number of ether oxygens (including phenoxy) is 1. The molecule has 0 spiro atoms. The number of aryl methyl sites for hydroxylation is 2. The smallest absolute Gasteiger partial charge is 0.255 e. The Kier molecular flexibility index (Phi) is 4.08. The van der Waals surface area contributed by atoms with Crippen molar-refractivity contribution in [2.24, 2.45) is 5.73 Å². The number of hydrogen-bond donors (Lipinski definition) is 1. The quantitative estimate of drug-likeness (QED) is 0.902. The van der Waals surface area contributed by atoms with E-state index in [0.717, 1.165) is 31.5 Å². The van der Waals surface area contributed by atoms with Gasteiger partial charge in [-0.05, 0) is 24.8 Å². The third-order valence-electron chi connectivity index (χ3n) is 3.61. The molecule has 1 fully saturated rings. The van der Waals surface area contributed by atoms with Crippen LogP contribution < -0.4 is 5.73 Å². The minimum Gasteiger partial charge on any atom is -0.364 e. The van der Waals surface area contributed by atoms with E-state index >= 15 is 0 Å². The monoisotopic (exact) mass is 273 g/mol. The highest BCUT2D eigenvalue weighted by Gasteiger charge is 2.29. The van der Waals surface area contributed by atoms with Crippen LogP contribution in [0.25, 0.3) is 0 Å². The van der Waals surface area contributed by atoms with Gasteiger partial charge < -0.3 is 15.0 Å². The van der Waals surface area contributed by atoms with Crippen molar-refractivity contribution < 1.29 is 9.26 Å². The number of benzene rings is 1. The minimum atomic E-state index is -0.0819.